The Labute approximate surface area is 173 Å². The summed E-state index contributed by atoms with van der Waals surface area (Å²) in [5.41, 5.74) is 1.89. The molecule has 0 spiro atoms. The zero-order chi connectivity index (χ0) is 19.1. The molecule has 0 aromatic heterocycles. The molecule has 27 heavy (non-hydrogen) atoms. The lowest BCUT2D eigenvalue weighted by Crippen LogP contribution is -1.94. The van der Waals surface area contributed by atoms with E-state index >= 15 is 0 Å². The van der Waals surface area contributed by atoms with Crippen LogP contribution in [-0.2, 0) is 0 Å². The molecule has 0 aliphatic rings. The number of ether oxygens (including phenoxy) is 3. The Balaban J connectivity index is 1.64. The summed E-state index contributed by atoms with van der Waals surface area (Å²) in [5, 5.41) is 0. The van der Waals surface area contributed by atoms with E-state index in [0.29, 0.717) is 6.61 Å². The van der Waals surface area contributed by atoms with Gasteiger partial charge in [0.05, 0.1) is 23.0 Å². The van der Waals surface area contributed by atoms with Crippen molar-refractivity contribution in [1.82, 2.24) is 0 Å². The second-order valence-corrected chi connectivity index (χ2v) is 6.81. The topological polar surface area (TPSA) is 40.0 Å². The highest BCUT2D eigenvalue weighted by Crippen LogP contribution is 2.26. The fraction of sp³-hybridized carbons (Fsp3) is 0.136. The molecule has 138 valence electrons. The first-order chi connectivity index (χ1) is 13.2. The van der Waals surface area contributed by atoms with E-state index in [4.69, 9.17) is 14.2 Å². The van der Waals surface area contributed by atoms with Crippen LogP contribution in [0.4, 0.5) is 5.69 Å². The molecule has 0 aliphatic heterocycles. The van der Waals surface area contributed by atoms with E-state index in [1.165, 1.54) is 0 Å². The zero-order valence-corrected chi connectivity index (χ0v) is 17.3. The lowest BCUT2D eigenvalue weighted by Gasteiger charge is -2.07. The summed E-state index contributed by atoms with van der Waals surface area (Å²) >= 11 is 2.27. The molecule has 0 radical (unpaired) electrons. The normalized spacial score (nSPS) is 10.8. The number of rotatable bonds is 7. The number of benzene rings is 3. The number of hydrogen-bond donors (Lipinski definition) is 0. The van der Waals surface area contributed by atoms with Gasteiger partial charge < -0.3 is 14.2 Å². The van der Waals surface area contributed by atoms with Crippen molar-refractivity contribution in [2.24, 2.45) is 4.99 Å². The standard InChI is InChI=1S/C22H20INO3/c1-3-26-22-13-4-16(14-21(22)23)15-24-17-5-7-19(8-6-17)27-20-11-9-18(25-2)10-12-20/h4-15H,3H2,1-2H3. The van der Waals surface area contributed by atoms with Crippen molar-refractivity contribution in [2.75, 3.05) is 13.7 Å². The lowest BCUT2D eigenvalue weighted by atomic mass is 10.2. The van der Waals surface area contributed by atoms with Crippen LogP contribution in [0.1, 0.15) is 12.5 Å². The molecule has 0 N–H and O–H groups in total. The maximum atomic E-state index is 5.83. The van der Waals surface area contributed by atoms with Gasteiger partial charge in [-0.05, 0) is 102 Å². The first kappa shape index (κ1) is 19.2. The van der Waals surface area contributed by atoms with E-state index in [9.17, 15) is 0 Å². The van der Waals surface area contributed by atoms with Gasteiger partial charge in [-0.2, -0.15) is 0 Å². The molecule has 0 unspecified atom stereocenters. The van der Waals surface area contributed by atoms with E-state index in [1.807, 2.05) is 73.8 Å². The van der Waals surface area contributed by atoms with E-state index in [2.05, 4.69) is 33.6 Å². The van der Waals surface area contributed by atoms with Gasteiger partial charge >= 0.3 is 0 Å². The van der Waals surface area contributed by atoms with Crippen molar-refractivity contribution in [3.8, 4) is 23.0 Å². The number of halogens is 1. The highest BCUT2D eigenvalue weighted by atomic mass is 127. The van der Waals surface area contributed by atoms with Crippen molar-refractivity contribution in [2.45, 2.75) is 6.92 Å². The Morgan fingerprint density at radius 2 is 1.52 bits per heavy atom. The van der Waals surface area contributed by atoms with Gasteiger partial charge in [0, 0.05) is 6.21 Å². The Kier molecular flexibility index (Phi) is 6.70. The average Bonchev–Trinajstić information content (AvgIpc) is 2.70. The molecule has 3 rings (SSSR count). The van der Waals surface area contributed by atoms with Crippen LogP contribution in [0.25, 0.3) is 0 Å². The maximum Gasteiger partial charge on any atom is 0.132 e. The Hall–Kier alpha value is -2.54. The Morgan fingerprint density at radius 1 is 0.889 bits per heavy atom. The van der Waals surface area contributed by atoms with Crippen molar-refractivity contribution in [3.05, 3.63) is 75.9 Å². The molecule has 0 saturated heterocycles. The van der Waals surface area contributed by atoms with Gasteiger partial charge in [-0.25, -0.2) is 0 Å². The van der Waals surface area contributed by atoms with Crippen molar-refractivity contribution >= 4 is 34.5 Å². The van der Waals surface area contributed by atoms with Gasteiger partial charge in [-0.1, -0.05) is 0 Å². The highest BCUT2D eigenvalue weighted by Gasteiger charge is 2.01. The van der Waals surface area contributed by atoms with Crippen LogP contribution in [0.3, 0.4) is 0 Å². The Morgan fingerprint density at radius 3 is 2.11 bits per heavy atom. The van der Waals surface area contributed by atoms with Crippen LogP contribution >= 0.6 is 22.6 Å². The van der Waals surface area contributed by atoms with Crippen LogP contribution < -0.4 is 14.2 Å². The molecule has 0 aliphatic carbocycles. The summed E-state index contributed by atoms with van der Waals surface area (Å²) in [7, 11) is 1.64. The fourth-order valence-corrected chi connectivity index (χ4v) is 3.09. The van der Waals surface area contributed by atoms with Crippen LogP contribution in [0.5, 0.6) is 23.0 Å². The molecule has 0 amide bonds. The van der Waals surface area contributed by atoms with E-state index in [0.717, 1.165) is 37.8 Å². The number of hydrogen-bond acceptors (Lipinski definition) is 4. The van der Waals surface area contributed by atoms with Crippen molar-refractivity contribution in [3.63, 3.8) is 0 Å². The SMILES string of the molecule is CCOc1ccc(C=Nc2ccc(Oc3ccc(OC)cc3)cc2)cc1I. The molecule has 0 heterocycles. The van der Waals surface area contributed by atoms with Gasteiger partial charge in [0.25, 0.3) is 0 Å². The summed E-state index contributed by atoms with van der Waals surface area (Å²) in [4.78, 5) is 4.52. The predicted octanol–water partition coefficient (Wildman–Crippen LogP) is 6.24. The van der Waals surface area contributed by atoms with E-state index in [1.54, 1.807) is 7.11 Å². The fourth-order valence-electron chi connectivity index (χ4n) is 2.40. The minimum Gasteiger partial charge on any atom is -0.497 e. The number of methoxy groups -OCH3 is 1. The van der Waals surface area contributed by atoms with Gasteiger partial charge in [-0.3, -0.25) is 4.99 Å². The molecule has 0 fully saturated rings. The quantitative estimate of drug-likeness (QED) is 0.301. The Bertz CT molecular complexity index is 906. The van der Waals surface area contributed by atoms with Gasteiger partial charge in [0.1, 0.15) is 23.0 Å². The largest absolute Gasteiger partial charge is 0.497 e. The zero-order valence-electron chi connectivity index (χ0n) is 15.2. The van der Waals surface area contributed by atoms with Crippen LogP contribution in [0.2, 0.25) is 0 Å². The van der Waals surface area contributed by atoms with E-state index < -0.39 is 0 Å². The molecule has 3 aromatic carbocycles. The average molecular weight is 473 g/mol. The van der Waals surface area contributed by atoms with Crippen LogP contribution in [-0.4, -0.2) is 19.9 Å². The molecule has 0 bridgehead atoms. The molecular formula is C22H20INO3. The van der Waals surface area contributed by atoms with Crippen LogP contribution in [0.15, 0.2) is 71.7 Å². The van der Waals surface area contributed by atoms with Crippen molar-refractivity contribution in [1.29, 1.82) is 0 Å². The summed E-state index contributed by atoms with van der Waals surface area (Å²) < 4.78 is 17.6. The molecular weight excluding hydrogens is 453 g/mol. The van der Waals surface area contributed by atoms with Gasteiger partial charge in [0.15, 0.2) is 0 Å². The predicted molar refractivity (Wildman–Crippen MR) is 117 cm³/mol. The third kappa shape index (κ3) is 5.47. The molecule has 3 aromatic rings. The monoisotopic (exact) mass is 473 g/mol. The second kappa shape index (κ2) is 9.41. The smallest absolute Gasteiger partial charge is 0.132 e. The summed E-state index contributed by atoms with van der Waals surface area (Å²) in [5.74, 6) is 3.22. The third-order valence-electron chi connectivity index (χ3n) is 3.75. The molecule has 0 atom stereocenters. The summed E-state index contributed by atoms with van der Waals surface area (Å²) in [6.07, 6.45) is 1.84. The number of aliphatic imine (C=N–C) groups is 1. The minimum absolute atomic E-state index is 0.661. The van der Waals surface area contributed by atoms with Crippen LogP contribution in [0, 0.1) is 3.57 Å². The van der Waals surface area contributed by atoms with Gasteiger partial charge in [0.2, 0.25) is 0 Å². The molecule has 0 saturated carbocycles. The van der Waals surface area contributed by atoms with Crippen molar-refractivity contribution < 1.29 is 14.2 Å². The summed E-state index contributed by atoms with van der Waals surface area (Å²) in [6.45, 7) is 2.64. The van der Waals surface area contributed by atoms with Gasteiger partial charge in [-0.15, -0.1) is 0 Å². The third-order valence-corrected chi connectivity index (χ3v) is 4.59. The molecule has 5 heteroatoms. The minimum atomic E-state index is 0.661. The molecule has 4 nitrogen and oxygen atoms in total. The second-order valence-electron chi connectivity index (χ2n) is 5.65. The first-order valence-corrected chi connectivity index (χ1v) is 9.64. The summed E-state index contributed by atoms with van der Waals surface area (Å²) in [6, 6.07) is 21.2. The lowest BCUT2D eigenvalue weighted by molar-refractivity contribution is 0.338. The number of nitrogens with zero attached hydrogens (tertiary/aromatic N) is 1. The first-order valence-electron chi connectivity index (χ1n) is 8.56. The maximum absolute atomic E-state index is 5.83. The highest BCUT2D eigenvalue weighted by molar-refractivity contribution is 14.1. The van der Waals surface area contributed by atoms with E-state index in [-0.39, 0.29) is 0 Å².